The molecule has 3 aliphatic carbocycles. The van der Waals surface area contributed by atoms with Crippen molar-refractivity contribution in [3.8, 4) is 0 Å². The van der Waals surface area contributed by atoms with Crippen molar-refractivity contribution >= 4 is 28.5 Å². The molecule has 3 fully saturated rings. The van der Waals surface area contributed by atoms with Crippen molar-refractivity contribution in [3.05, 3.63) is 0 Å². The zero-order chi connectivity index (χ0) is 11.4. The molecular weight excluding hydrogens is 226 g/mol. The number of halogens is 2. The van der Waals surface area contributed by atoms with Crippen LogP contribution in [0.25, 0.3) is 0 Å². The van der Waals surface area contributed by atoms with Gasteiger partial charge in [0.1, 0.15) is 0 Å². The van der Waals surface area contributed by atoms with Crippen molar-refractivity contribution in [1.29, 1.82) is 0 Å². The molecule has 3 saturated carbocycles. The standard InChI is InChI=1S/C12H21BCl2/c1-7(2)11-9-5-8(12(9,3)4)6-10(11)13(14)15/h7-11H,5-6H2,1-4H3/t8-,9+,10+,11+/m0/s1. The first-order valence-electron chi connectivity index (χ1n) is 6.13. The fourth-order valence-corrected chi connectivity index (χ4v) is 4.67. The predicted molar refractivity (Wildman–Crippen MR) is 69.5 cm³/mol. The Balaban J connectivity index is 2.20. The Morgan fingerprint density at radius 2 is 1.80 bits per heavy atom. The lowest BCUT2D eigenvalue weighted by atomic mass is 9.39. The molecule has 0 aromatic carbocycles. The maximum absolute atomic E-state index is 6.14. The van der Waals surface area contributed by atoms with Crippen LogP contribution in [-0.4, -0.2) is 5.54 Å². The first kappa shape index (κ1) is 12.1. The molecule has 0 heterocycles. The summed E-state index contributed by atoms with van der Waals surface area (Å²) in [4.78, 5) is 0. The van der Waals surface area contributed by atoms with Gasteiger partial charge < -0.3 is 0 Å². The molecule has 3 heteroatoms. The van der Waals surface area contributed by atoms with E-state index < -0.39 is 0 Å². The van der Waals surface area contributed by atoms with Gasteiger partial charge in [0.25, 0.3) is 0 Å². The maximum Gasteiger partial charge on any atom is 0.355 e. The molecule has 0 nitrogen and oxygen atoms in total. The monoisotopic (exact) mass is 246 g/mol. The van der Waals surface area contributed by atoms with E-state index in [1.54, 1.807) is 0 Å². The Morgan fingerprint density at radius 1 is 1.20 bits per heavy atom. The Labute approximate surface area is 104 Å². The van der Waals surface area contributed by atoms with E-state index in [0.717, 1.165) is 17.8 Å². The van der Waals surface area contributed by atoms with Crippen LogP contribution in [0, 0.1) is 29.1 Å². The summed E-state index contributed by atoms with van der Waals surface area (Å²) in [5, 5.41) is 0. The number of hydrogen-bond donors (Lipinski definition) is 0. The smallest absolute Gasteiger partial charge is 0.171 e. The quantitative estimate of drug-likeness (QED) is 0.622. The van der Waals surface area contributed by atoms with Gasteiger partial charge in [0.15, 0.2) is 0 Å². The van der Waals surface area contributed by atoms with Gasteiger partial charge in [-0.25, -0.2) is 0 Å². The predicted octanol–water partition coefficient (Wildman–Crippen LogP) is 4.66. The van der Waals surface area contributed by atoms with Gasteiger partial charge in [-0.15, -0.1) is 0 Å². The summed E-state index contributed by atoms with van der Waals surface area (Å²) < 4.78 is 0. The van der Waals surface area contributed by atoms with E-state index in [-0.39, 0.29) is 5.54 Å². The second kappa shape index (κ2) is 3.84. The third kappa shape index (κ3) is 1.74. The van der Waals surface area contributed by atoms with Gasteiger partial charge in [0.2, 0.25) is 0 Å². The van der Waals surface area contributed by atoms with Gasteiger partial charge in [0, 0.05) is 0 Å². The van der Waals surface area contributed by atoms with Crippen LogP contribution in [0.3, 0.4) is 0 Å². The van der Waals surface area contributed by atoms with E-state index in [4.69, 9.17) is 22.9 Å². The third-order valence-corrected chi connectivity index (χ3v) is 5.80. The van der Waals surface area contributed by atoms with Crippen molar-refractivity contribution in [2.75, 3.05) is 0 Å². The highest BCUT2D eigenvalue weighted by Crippen LogP contribution is 2.67. The molecule has 0 aromatic rings. The fourth-order valence-electron chi connectivity index (χ4n) is 4.12. The first-order chi connectivity index (χ1) is 6.85. The summed E-state index contributed by atoms with van der Waals surface area (Å²) >= 11 is 12.3. The van der Waals surface area contributed by atoms with Crippen LogP contribution in [0.5, 0.6) is 0 Å². The van der Waals surface area contributed by atoms with Crippen LogP contribution < -0.4 is 0 Å². The minimum atomic E-state index is -0.168. The van der Waals surface area contributed by atoms with E-state index in [2.05, 4.69) is 27.7 Å². The average Bonchev–Trinajstić information content (AvgIpc) is 2.16. The summed E-state index contributed by atoms with van der Waals surface area (Å²) in [6, 6.07) is 0. The van der Waals surface area contributed by atoms with Gasteiger partial charge in [-0.2, -0.15) is 22.9 Å². The summed E-state index contributed by atoms with van der Waals surface area (Å²) in [7, 11) is 0. The highest BCUT2D eigenvalue weighted by molar-refractivity contribution is 7.34. The molecule has 0 saturated heterocycles. The van der Waals surface area contributed by atoms with Crippen molar-refractivity contribution in [3.63, 3.8) is 0 Å². The molecule has 0 aliphatic heterocycles. The van der Waals surface area contributed by atoms with Crippen molar-refractivity contribution in [2.45, 2.75) is 46.4 Å². The molecule has 15 heavy (non-hydrogen) atoms. The van der Waals surface area contributed by atoms with E-state index in [1.165, 1.54) is 12.8 Å². The molecule has 3 rings (SSSR count). The lowest BCUT2D eigenvalue weighted by Crippen LogP contribution is -2.56. The molecule has 0 amide bonds. The zero-order valence-corrected chi connectivity index (χ0v) is 11.6. The van der Waals surface area contributed by atoms with Crippen LogP contribution in [0.1, 0.15) is 40.5 Å². The Morgan fingerprint density at radius 3 is 2.20 bits per heavy atom. The van der Waals surface area contributed by atoms with Crippen LogP contribution in [0.4, 0.5) is 0 Å². The summed E-state index contributed by atoms with van der Waals surface area (Å²) in [6.45, 7) is 9.49. The van der Waals surface area contributed by atoms with E-state index in [9.17, 15) is 0 Å². The third-order valence-electron chi connectivity index (χ3n) is 5.16. The second-order valence-corrected chi connectivity index (χ2v) is 7.58. The topological polar surface area (TPSA) is 0 Å². The Bertz CT molecular complexity index is 248. The maximum atomic E-state index is 6.14. The first-order valence-corrected chi connectivity index (χ1v) is 7.01. The van der Waals surface area contributed by atoms with Crippen molar-refractivity contribution in [2.24, 2.45) is 29.1 Å². The highest BCUT2D eigenvalue weighted by Gasteiger charge is 2.59. The summed E-state index contributed by atoms with van der Waals surface area (Å²) in [6.07, 6.45) is 2.65. The van der Waals surface area contributed by atoms with E-state index in [0.29, 0.717) is 17.2 Å². The Kier molecular flexibility index (Phi) is 3.10. The number of fused-ring (bicyclic) bond motifs is 2. The zero-order valence-electron chi connectivity index (χ0n) is 10.1. The molecule has 0 unspecified atom stereocenters. The molecule has 0 N–H and O–H groups in total. The van der Waals surface area contributed by atoms with Crippen LogP contribution in [0.2, 0.25) is 5.82 Å². The number of hydrogen-bond acceptors (Lipinski definition) is 0. The highest BCUT2D eigenvalue weighted by atomic mass is 35.5. The van der Waals surface area contributed by atoms with Crippen molar-refractivity contribution in [1.82, 2.24) is 0 Å². The molecule has 86 valence electrons. The SMILES string of the molecule is CC(C)[C@@H]1[C@H]2C[C@@H](C[C@H]1B(Cl)Cl)C2(C)C. The molecule has 3 aliphatic rings. The van der Waals surface area contributed by atoms with Crippen LogP contribution in [-0.2, 0) is 0 Å². The van der Waals surface area contributed by atoms with Gasteiger partial charge in [-0.05, 0) is 41.3 Å². The van der Waals surface area contributed by atoms with E-state index in [1.807, 2.05) is 0 Å². The lowest BCUT2D eigenvalue weighted by molar-refractivity contribution is -0.116. The molecule has 2 bridgehead atoms. The largest absolute Gasteiger partial charge is 0.355 e. The van der Waals surface area contributed by atoms with Crippen molar-refractivity contribution < 1.29 is 0 Å². The van der Waals surface area contributed by atoms with Crippen LogP contribution >= 0.6 is 22.9 Å². The average molecular weight is 247 g/mol. The Hall–Kier alpha value is 0.645. The van der Waals surface area contributed by atoms with Gasteiger partial charge in [0.05, 0.1) is 0 Å². The van der Waals surface area contributed by atoms with Gasteiger partial charge >= 0.3 is 5.54 Å². The molecule has 0 radical (unpaired) electrons. The van der Waals surface area contributed by atoms with Gasteiger partial charge in [-0.3, -0.25) is 0 Å². The summed E-state index contributed by atoms with van der Waals surface area (Å²) in [5.74, 6) is 3.68. The lowest BCUT2D eigenvalue weighted by Gasteiger charge is -2.64. The number of rotatable bonds is 2. The van der Waals surface area contributed by atoms with Gasteiger partial charge in [-0.1, -0.05) is 34.1 Å². The minimum Gasteiger partial charge on any atom is -0.171 e. The van der Waals surface area contributed by atoms with E-state index >= 15 is 0 Å². The minimum absolute atomic E-state index is 0.168. The normalized spacial score (nSPS) is 42.6. The molecule has 0 spiro atoms. The molecule has 4 atom stereocenters. The molecular formula is C12H21BCl2. The fraction of sp³-hybridized carbons (Fsp3) is 1.00. The second-order valence-electron chi connectivity index (χ2n) is 6.42. The molecule has 0 aromatic heterocycles. The van der Waals surface area contributed by atoms with Crippen LogP contribution in [0.15, 0.2) is 0 Å². The summed E-state index contributed by atoms with van der Waals surface area (Å²) in [5.41, 5.74) is 0.368.